The van der Waals surface area contributed by atoms with Crippen LogP contribution in [0.15, 0.2) is 17.3 Å². The summed E-state index contributed by atoms with van der Waals surface area (Å²) in [5.41, 5.74) is 2.77. The highest BCUT2D eigenvalue weighted by molar-refractivity contribution is 6.31. The number of halogens is 1. The number of fused-ring (bicyclic) bond motifs is 1. The molecule has 0 saturated heterocycles. The summed E-state index contributed by atoms with van der Waals surface area (Å²) in [6.07, 6.45) is 3.47. The van der Waals surface area contributed by atoms with Crippen molar-refractivity contribution in [3.63, 3.8) is 0 Å². The van der Waals surface area contributed by atoms with Crippen LogP contribution in [0.1, 0.15) is 41.2 Å². The standard InChI is InChI=1S/C17H21ClN4O2/c1-10(2)5-21-7-13(19-9-21)16(23)22-6-12-11(3)15(18)17(24)20(4)14(12)8-22/h7,9-10H,5-6,8H2,1-4H3. The number of imidazole rings is 1. The average Bonchev–Trinajstić information content (AvgIpc) is 3.16. The molecule has 0 aromatic carbocycles. The fourth-order valence-corrected chi connectivity index (χ4v) is 3.36. The Morgan fingerprint density at radius 2 is 2.08 bits per heavy atom. The fourth-order valence-electron chi connectivity index (χ4n) is 3.12. The highest BCUT2D eigenvalue weighted by Crippen LogP contribution is 2.28. The molecule has 0 atom stereocenters. The van der Waals surface area contributed by atoms with Gasteiger partial charge in [0.05, 0.1) is 12.9 Å². The second kappa shape index (κ2) is 6.09. The van der Waals surface area contributed by atoms with E-state index >= 15 is 0 Å². The molecule has 3 rings (SSSR count). The Labute approximate surface area is 145 Å². The first-order valence-electron chi connectivity index (χ1n) is 7.97. The van der Waals surface area contributed by atoms with Gasteiger partial charge in [0.25, 0.3) is 11.5 Å². The number of rotatable bonds is 3. The van der Waals surface area contributed by atoms with E-state index in [0.29, 0.717) is 24.7 Å². The van der Waals surface area contributed by atoms with Gasteiger partial charge in [-0.3, -0.25) is 9.59 Å². The van der Waals surface area contributed by atoms with Gasteiger partial charge < -0.3 is 14.0 Å². The monoisotopic (exact) mass is 348 g/mol. The largest absolute Gasteiger partial charge is 0.336 e. The van der Waals surface area contributed by atoms with Crippen LogP contribution < -0.4 is 5.56 Å². The second-order valence-electron chi connectivity index (χ2n) is 6.74. The molecule has 0 aliphatic carbocycles. The summed E-state index contributed by atoms with van der Waals surface area (Å²) in [7, 11) is 1.69. The number of nitrogens with zero attached hydrogens (tertiary/aromatic N) is 4. The molecule has 2 aromatic heterocycles. The minimum Gasteiger partial charge on any atom is -0.336 e. The summed E-state index contributed by atoms with van der Waals surface area (Å²) in [4.78, 5) is 30.8. The van der Waals surface area contributed by atoms with Gasteiger partial charge in [0, 0.05) is 32.0 Å². The summed E-state index contributed by atoms with van der Waals surface area (Å²) < 4.78 is 3.47. The quantitative estimate of drug-likeness (QED) is 0.855. The Morgan fingerprint density at radius 3 is 2.75 bits per heavy atom. The number of carbonyl (C=O) groups excluding carboxylic acids is 1. The van der Waals surface area contributed by atoms with Crippen LogP contribution in [-0.4, -0.2) is 24.9 Å². The minimum absolute atomic E-state index is 0.128. The molecule has 1 aliphatic heterocycles. The molecule has 0 radical (unpaired) electrons. The maximum atomic E-state index is 12.7. The van der Waals surface area contributed by atoms with Gasteiger partial charge >= 0.3 is 0 Å². The van der Waals surface area contributed by atoms with Crippen molar-refractivity contribution in [3.8, 4) is 0 Å². The van der Waals surface area contributed by atoms with E-state index in [-0.39, 0.29) is 16.5 Å². The van der Waals surface area contributed by atoms with Crippen molar-refractivity contribution < 1.29 is 4.79 Å². The van der Waals surface area contributed by atoms with Gasteiger partial charge in [-0.15, -0.1) is 0 Å². The molecule has 0 N–H and O–H groups in total. The molecular formula is C17H21ClN4O2. The van der Waals surface area contributed by atoms with Crippen LogP contribution in [0.25, 0.3) is 0 Å². The molecule has 0 saturated carbocycles. The van der Waals surface area contributed by atoms with E-state index in [1.54, 1.807) is 24.5 Å². The van der Waals surface area contributed by atoms with Crippen LogP contribution in [-0.2, 0) is 26.7 Å². The maximum absolute atomic E-state index is 12.7. The third-order valence-corrected chi connectivity index (χ3v) is 4.88. The Kier molecular flexibility index (Phi) is 4.25. The zero-order chi connectivity index (χ0) is 17.6. The predicted octanol–water partition coefficient (Wildman–Crippen LogP) is 2.36. The van der Waals surface area contributed by atoms with E-state index in [1.807, 2.05) is 11.5 Å². The van der Waals surface area contributed by atoms with Gasteiger partial charge in [0.1, 0.15) is 10.7 Å². The van der Waals surface area contributed by atoms with Crippen LogP contribution in [0.3, 0.4) is 0 Å². The minimum atomic E-state index is -0.219. The smallest absolute Gasteiger partial charge is 0.274 e. The molecule has 128 valence electrons. The zero-order valence-electron chi connectivity index (χ0n) is 14.3. The number of pyridine rings is 1. The van der Waals surface area contributed by atoms with Gasteiger partial charge in [0.2, 0.25) is 0 Å². The summed E-state index contributed by atoms with van der Waals surface area (Å²) in [5, 5.41) is 0.228. The lowest BCUT2D eigenvalue weighted by Gasteiger charge is -2.13. The van der Waals surface area contributed by atoms with Crippen molar-refractivity contribution in [2.24, 2.45) is 13.0 Å². The Bertz CT molecular complexity index is 866. The van der Waals surface area contributed by atoms with Crippen molar-refractivity contribution in [1.82, 2.24) is 19.0 Å². The van der Waals surface area contributed by atoms with Gasteiger partial charge in [-0.2, -0.15) is 0 Å². The molecule has 1 amide bonds. The normalized spacial score (nSPS) is 13.7. The number of aromatic nitrogens is 3. The molecule has 24 heavy (non-hydrogen) atoms. The highest BCUT2D eigenvalue weighted by atomic mass is 35.5. The van der Waals surface area contributed by atoms with Crippen LogP contribution >= 0.6 is 11.6 Å². The van der Waals surface area contributed by atoms with Crippen molar-refractivity contribution in [2.75, 3.05) is 0 Å². The zero-order valence-corrected chi connectivity index (χ0v) is 15.1. The van der Waals surface area contributed by atoms with Crippen molar-refractivity contribution in [2.45, 2.75) is 40.4 Å². The van der Waals surface area contributed by atoms with Crippen LogP contribution in [0.5, 0.6) is 0 Å². The highest BCUT2D eigenvalue weighted by Gasteiger charge is 2.30. The third-order valence-electron chi connectivity index (χ3n) is 4.43. The SMILES string of the molecule is Cc1c2c(n(C)c(=O)c1Cl)CN(C(=O)c1cn(CC(C)C)cn1)C2. The predicted molar refractivity (Wildman–Crippen MR) is 92.1 cm³/mol. The number of amides is 1. The summed E-state index contributed by atoms with van der Waals surface area (Å²) >= 11 is 6.11. The first kappa shape index (κ1) is 16.8. The van der Waals surface area contributed by atoms with E-state index in [2.05, 4.69) is 18.8 Å². The van der Waals surface area contributed by atoms with Crippen molar-refractivity contribution >= 4 is 17.5 Å². The molecule has 0 spiro atoms. The molecule has 6 nitrogen and oxygen atoms in total. The Balaban J connectivity index is 1.86. The van der Waals surface area contributed by atoms with Crippen molar-refractivity contribution in [1.29, 1.82) is 0 Å². The molecule has 0 fully saturated rings. The van der Waals surface area contributed by atoms with Crippen LogP contribution in [0.2, 0.25) is 5.02 Å². The molecular weight excluding hydrogens is 328 g/mol. The van der Waals surface area contributed by atoms with Gasteiger partial charge in [0.15, 0.2) is 0 Å². The summed E-state index contributed by atoms with van der Waals surface area (Å²) in [5.74, 6) is 0.356. The summed E-state index contributed by atoms with van der Waals surface area (Å²) in [6.45, 7) is 7.73. The van der Waals surface area contributed by atoms with E-state index in [0.717, 1.165) is 23.4 Å². The van der Waals surface area contributed by atoms with E-state index in [4.69, 9.17) is 11.6 Å². The van der Waals surface area contributed by atoms with Crippen molar-refractivity contribution in [3.05, 3.63) is 50.4 Å². The fraction of sp³-hybridized carbons (Fsp3) is 0.471. The lowest BCUT2D eigenvalue weighted by Crippen LogP contribution is -2.26. The van der Waals surface area contributed by atoms with E-state index in [1.165, 1.54) is 4.57 Å². The summed E-state index contributed by atoms with van der Waals surface area (Å²) in [6, 6.07) is 0. The van der Waals surface area contributed by atoms with Gasteiger partial charge in [-0.05, 0) is 24.0 Å². The van der Waals surface area contributed by atoms with E-state index in [9.17, 15) is 9.59 Å². The first-order chi connectivity index (χ1) is 11.3. The third kappa shape index (κ3) is 2.75. The lowest BCUT2D eigenvalue weighted by molar-refractivity contribution is 0.0744. The maximum Gasteiger partial charge on any atom is 0.274 e. The Morgan fingerprint density at radius 1 is 1.38 bits per heavy atom. The average molecular weight is 349 g/mol. The number of carbonyl (C=O) groups is 1. The molecule has 1 aliphatic rings. The molecule has 0 unspecified atom stereocenters. The van der Waals surface area contributed by atoms with Crippen LogP contribution in [0, 0.1) is 12.8 Å². The first-order valence-corrected chi connectivity index (χ1v) is 8.35. The molecule has 7 heteroatoms. The molecule has 3 heterocycles. The lowest BCUT2D eigenvalue weighted by atomic mass is 10.1. The molecule has 2 aromatic rings. The topological polar surface area (TPSA) is 60.1 Å². The van der Waals surface area contributed by atoms with E-state index < -0.39 is 0 Å². The van der Waals surface area contributed by atoms with Gasteiger partial charge in [-0.1, -0.05) is 25.4 Å². The number of hydrogen-bond donors (Lipinski definition) is 0. The number of hydrogen-bond acceptors (Lipinski definition) is 3. The Hall–Kier alpha value is -2.08. The molecule has 0 bridgehead atoms. The second-order valence-corrected chi connectivity index (χ2v) is 7.12. The van der Waals surface area contributed by atoms with Gasteiger partial charge in [-0.25, -0.2) is 4.98 Å². The van der Waals surface area contributed by atoms with Crippen LogP contribution in [0.4, 0.5) is 0 Å².